The van der Waals surface area contributed by atoms with Gasteiger partial charge in [-0.2, -0.15) is 0 Å². The summed E-state index contributed by atoms with van der Waals surface area (Å²) in [4.78, 5) is 15.7. The molecule has 0 unspecified atom stereocenters. The van der Waals surface area contributed by atoms with Gasteiger partial charge in [-0.05, 0) is 17.7 Å². The van der Waals surface area contributed by atoms with Crippen LogP contribution in [0.3, 0.4) is 0 Å². The van der Waals surface area contributed by atoms with Crippen molar-refractivity contribution >= 4 is 34.2 Å². The first-order chi connectivity index (χ1) is 9.75. The van der Waals surface area contributed by atoms with E-state index in [9.17, 15) is 4.79 Å². The van der Waals surface area contributed by atoms with Crippen LogP contribution in [0.4, 0.5) is 0 Å². The second-order valence-electron chi connectivity index (χ2n) is 3.86. The fourth-order valence-electron chi connectivity index (χ4n) is 1.43. The molecule has 2 aromatic rings. The number of nitrogens with one attached hydrogen (secondary N) is 2. The molecule has 102 valence electrons. The molecule has 0 fully saturated rings. The molecule has 0 saturated carbocycles. The number of thioether (sulfide) groups is 1. The molecular formula is C14H13N3OS2. The highest BCUT2D eigenvalue weighted by molar-refractivity contribution is 8.22. The highest BCUT2D eigenvalue weighted by Gasteiger charge is 2.06. The lowest BCUT2D eigenvalue weighted by molar-refractivity contribution is 0.0939. The van der Waals surface area contributed by atoms with Gasteiger partial charge in [0.1, 0.15) is 5.69 Å². The molecule has 0 aliphatic heterocycles. The van der Waals surface area contributed by atoms with Gasteiger partial charge in [-0.15, -0.1) is 0 Å². The van der Waals surface area contributed by atoms with Crippen LogP contribution in [0.2, 0.25) is 0 Å². The molecular weight excluding hydrogens is 290 g/mol. The number of hydrogen-bond donors (Lipinski definition) is 2. The lowest BCUT2D eigenvalue weighted by atomic mass is 10.2. The molecule has 1 aromatic heterocycles. The van der Waals surface area contributed by atoms with Crippen molar-refractivity contribution in [2.45, 2.75) is 5.75 Å². The molecule has 0 aliphatic carbocycles. The average Bonchev–Trinajstić information content (AvgIpc) is 2.52. The number of thiocarbonyl (C=S) groups is 1. The van der Waals surface area contributed by atoms with Gasteiger partial charge in [0, 0.05) is 11.9 Å². The maximum absolute atomic E-state index is 11.7. The van der Waals surface area contributed by atoms with Gasteiger partial charge in [0.15, 0.2) is 4.32 Å². The Bertz CT molecular complexity index is 575. The Morgan fingerprint density at radius 2 is 1.85 bits per heavy atom. The van der Waals surface area contributed by atoms with Gasteiger partial charge in [-0.25, -0.2) is 0 Å². The topological polar surface area (TPSA) is 54.0 Å². The third kappa shape index (κ3) is 4.64. The lowest BCUT2D eigenvalue weighted by Crippen LogP contribution is -2.39. The third-order valence-electron chi connectivity index (χ3n) is 2.39. The van der Waals surface area contributed by atoms with Gasteiger partial charge in [-0.3, -0.25) is 20.6 Å². The zero-order valence-corrected chi connectivity index (χ0v) is 12.2. The highest BCUT2D eigenvalue weighted by atomic mass is 32.2. The van der Waals surface area contributed by atoms with E-state index in [0.717, 1.165) is 5.75 Å². The zero-order chi connectivity index (χ0) is 14.2. The zero-order valence-electron chi connectivity index (χ0n) is 10.6. The number of carbonyl (C=O) groups is 1. The molecule has 0 aliphatic rings. The number of aromatic nitrogens is 1. The van der Waals surface area contributed by atoms with E-state index in [1.54, 1.807) is 24.4 Å². The molecule has 0 radical (unpaired) electrons. The van der Waals surface area contributed by atoms with Crippen molar-refractivity contribution in [2.24, 2.45) is 0 Å². The first-order valence-electron chi connectivity index (χ1n) is 5.94. The van der Waals surface area contributed by atoms with Crippen LogP contribution in [0.15, 0.2) is 54.7 Å². The fourth-order valence-corrected chi connectivity index (χ4v) is 2.27. The van der Waals surface area contributed by atoms with Crippen LogP contribution >= 0.6 is 24.0 Å². The van der Waals surface area contributed by atoms with E-state index >= 15 is 0 Å². The highest BCUT2D eigenvalue weighted by Crippen LogP contribution is 2.12. The summed E-state index contributed by atoms with van der Waals surface area (Å²) in [7, 11) is 0. The first kappa shape index (κ1) is 14.5. The summed E-state index contributed by atoms with van der Waals surface area (Å²) < 4.78 is 0.512. The second kappa shape index (κ2) is 7.62. The Balaban J connectivity index is 1.74. The largest absolute Gasteiger partial charge is 0.288 e. The predicted octanol–water partition coefficient (Wildman–Crippen LogP) is 2.53. The molecule has 0 saturated heterocycles. The van der Waals surface area contributed by atoms with Crippen LogP contribution in [-0.2, 0) is 5.75 Å². The second-order valence-corrected chi connectivity index (χ2v) is 5.51. The Labute approximate surface area is 127 Å². The molecule has 1 amide bonds. The monoisotopic (exact) mass is 303 g/mol. The lowest BCUT2D eigenvalue weighted by Gasteiger charge is -2.08. The van der Waals surface area contributed by atoms with E-state index in [2.05, 4.69) is 15.8 Å². The van der Waals surface area contributed by atoms with Gasteiger partial charge in [-0.1, -0.05) is 60.4 Å². The van der Waals surface area contributed by atoms with Gasteiger partial charge in [0.25, 0.3) is 5.91 Å². The van der Waals surface area contributed by atoms with E-state index in [-0.39, 0.29) is 5.91 Å². The minimum atomic E-state index is -0.312. The normalized spacial score (nSPS) is 9.80. The third-order valence-corrected chi connectivity index (χ3v) is 3.69. The van der Waals surface area contributed by atoms with Crippen LogP contribution in [0.25, 0.3) is 0 Å². The molecule has 20 heavy (non-hydrogen) atoms. The average molecular weight is 303 g/mol. The summed E-state index contributed by atoms with van der Waals surface area (Å²) in [6, 6.07) is 15.1. The van der Waals surface area contributed by atoms with E-state index in [1.165, 1.54) is 17.3 Å². The number of nitrogens with zero attached hydrogens (tertiary/aromatic N) is 1. The van der Waals surface area contributed by atoms with Crippen LogP contribution in [0.1, 0.15) is 16.1 Å². The molecule has 1 heterocycles. The van der Waals surface area contributed by atoms with Gasteiger partial charge < -0.3 is 0 Å². The van der Waals surface area contributed by atoms with Crippen LogP contribution in [0, 0.1) is 0 Å². The van der Waals surface area contributed by atoms with Crippen molar-refractivity contribution in [3.63, 3.8) is 0 Å². The summed E-state index contributed by atoms with van der Waals surface area (Å²) in [5.74, 6) is 0.444. The smallest absolute Gasteiger partial charge is 0.283 e. The van der Waals surface area contributed by atoms with Gasteiger partial charge in [0.2, 0.25) is 0 Å². The molecule has 1 aromatic carbocycles. The Morgan fingerprint density at radius 1 is 1.10 bits per heavy atom. The molecule has 6 heteroatoms. The number of hydrazine groups is 1. The van der Waals surface area contributed by atoms with Crippen molar-refractivity contribution < 1.29 is 4.79 Å². The van der Waals surface area contributed by atoms with Gasteiger partial charge >= 0.3 is 0 Å². The summed E-state index contributed by atoms with van der Waals surface area (Å²) >= 11 is 6.59. The fraction of sp³-hybridized carbons (Fsp3) is 0.0714. The number of benzene rings is 1. The SMILES string of the molecule is O=C(NNC(=S)SCc1ccccc1)c1ccccn1. The van der Waals surface area contributed by atoms with Crippen molar-refractivity contribution in [3.05, 3.63) is 66.0 Å². The maximum Gasteiger partial charge on any atom is 0.288 e. The Hall–Kier alpha value is -1.92. The van der Waals surface area contributed by atoms with Crippen LogP contribution < -0.4 is 10.9 Å². The van der Waals surface area contributed by atoms with Crippen molar-refractivity contribution in [3.8, 4) is 0 Å². The van der Waals surface area contributed by atoms with E-state index in [0.29, 0.717) is 10.0 Å². The molecule has 2 rings (SSSR count). The number of pyridine rings is 1. The van der Waals surface area contributed by atoms with Crippen LogP contribution in [-0.4, -0.2) is 15.2 Å². The van der Waals surface area contributed by atoms with Crippen molar-refractivity contribution in [1.29, 1.82) is 0 Å². The minimum absolute atomic E-state index is 0.312. The minimum Gasteiger partial charge on any atom is -0.283 e. The van der Waals surface area contributed by atoms with E-state index in [4.69, 9.17) is 12.2 Å². The number of amides is 1. The van der Waals surface area contributed by atoms with Crippen molar-refractivity contribution in [1.82, 2.24) is 15.8 Å². The summed E-state index contributed by atoms with van der Waals surface area (Å²) in [6.07, 6.45) is 1.57. The molecule has 0 bridgehead atoms. The maximum atomic E-state index is 11.7. The predicted molar refractivity (Wildman–Crippen MR) is 85.2 cm³/mol. The summed E-state index contributed by atoms with van der Waals surface area (Å²) in [5.41, 5.74) is 6.75. The molecule has 2 N–H and O–H groups in total. The number of carbonyl (C=O) groups excluding carboxylic acids is 1. The Morgan fingerprint density at radius 3 is 2.55 bits per heavy atom. The van der Waals surface area contributed by atoms with Crippen molar-refractivity contribution in [2.75, 3.05) is 0 Å². The number of rotatable bonds is 3. The van der Waals surface area contributed by atoms with E-state index in [1.807, 2.05) is 30.3 Å². The number of hydrogen-bond acceptors (Lipinski definition) is 4. The van der Waals surface area contributed by atoms with E-state index < -0.39 is 0 Å². The first-order valence-corrected chi connectivity index (χ1v) is 7.33. The van der Waals surface area contributed by atoms with Crippen LogP contribution in [0.5, 0.6) is 0 Å². The molecule has 0 atom stereocenters. The molecule has 0 spiro atoms. The summed E-state index contributed by atoms with van der Waals surface area (Å²) in [5, 5.41) is 0. The summed E-state index contributed by atoms with van der Waals surface area (Å²) in [6.45, 7) is 0. The quantitative estimate of drug-likeness (QED) is 0.674. The molecule has 4 nitrogen and oxygen atoms in total. The van der Waals surface area contributed by atoms with Gasteiger partial charge in [0.05, 0.1) is 0 Å². The Kier molecular flexibility index (Phi) is 5.52. The standard InChI is InChI=1S/C14H13N3OS2/c18-13(12-8-4-5-9-15-12)16-17-14(19)20-10-11-6-2-1-3-7-11/h1-9H,10H2,(H,16,18)(H,17,19).